The molecule has 0 radical (unpaired) electrons. The lowest BCUT2D eigenvalue weighted by Crippen LogP contribution is -2.28. The van der Waals surface area contributed by atoms with Crippen molar-refractivity contribution in [2.24, 2.45) is 0 Å². The van der Waals surface area contributed by atoms with Gasteiger partial charge in [-0.15, -0.1) is 11.8 Å². The normalized spacial score (nSPS) is 22.6. The van der Waals surface area contributed by atoms with E-state index in [0.717, 1.165) is 5.57 Å². The Labute approximate surface area is 83.5 Å². The van der Waals surface area contributed by atoms with Gasteiger partial charge in [0.1, 0.15) is 0 Å². The topological polar surface area (TPSA) is 3.01 Å². The van der Waals surface area contributed by atoms with Gasteiger partial charge in [-0.2, -0.15) is 0 Å². The van der Waals surface area contributed by atoms with Crippen LogP contribution in [0.25, 0.3) is 0 Å². The van der Waals surface area contributed by atoms with E-state index >= 15 is 0 Å². The first-order valence-corrected chi connectivity index (χ1v) is 5.76. The molecule has 1 nitrogen and oxygen atoms in total. The molecule has 0 amide bonds. The van der Waals surface area contributed by atoms with Crippen LogP contribution in [0, 0.1) is 0 Å². The monoisotopic (exact) mass is 192 g/mol. The Balaban J connectivity index is 2.18. The molecule has 1 saturated heterocycles. The first kappa shape index (κ1) is 8.82. The molecule has 1 aliphatic carbocycles. The highest BCUT2D eigenvalue weighted by molar-refractivity contribution is 7.99. The van der Waals surface area contributed by atoms with Crippen molar-refractivity contribution in [3.63, 3.8) is 0 Å². The average molecular weight is 192 g/mol. The molecule has 0 aromatic rings. The number of hydrogen-bond acceptors (Lipinski definition) is 1. The lowest BCUT2D eigenvalue weighted by molar-refractivity contribution is -0.519. The molecular weight excluding hydrogens is 178 g/mol. The third-order valence-electron chi connectivity index (χ3n) is 2.31. The van der Waals surface area contributed by atoms with Gasteiger partial charge in [0.05, 0.1) is 11.5 Å². The van der Waals surface area contributed by atoms with Gasteiger partial charge in [0.25, 0.3) is 0 Å². The lowest BCUT2D eigenvalue weighted by atomic mass is 10.1. The van der Waals surface area contributed by atoms with Crippen LogP contribution in [0.3, 0.4) is 0 Å². The molecule has 0 saturated carbocycles. The highest BCUT2D eigenvalue weighted by Crippen LogP contribution is 2.09. The lowest BCUT2D eigenvalue weighted by Gasteiger charge is -2.12. The van der Waals surface area contributed by atoms with E-state index in [1.165, 1.54) is 30.3 Å². The van der Waals surface area contributed by atoms with Gasteiger partial charge in [-0.1, -0.05) is 6.58 Å². The van der Waals surface area contributed by atoms with E-state index in [0.29, 0.717) is 0 Å². The van der Waals surface area contributed by atoms with E-state index in [-0.39, 0.29) is 0 Å². The minimum atomic E-state index is 1.09. The van der Waals surface area contributed by atoms with Gasteiger partial charge in [0, 0.05) is 12.2 Å². The fraction of sp³-hybridized carbons (Fsp3) is 0.364. The number of rotatable bonds is 0. The summed E-state index contributed by atoms with van der Waals surface area (Å²) in [5.74, 6) is 2.51. The molecule has 0 atom stereocenters. The van der Waals surface area contributed by atoms with Crippen LogP contribution in [0.2, 0.25) is 0 Å². The Morgan fingerprint density at radius 1 is 1.08 bits per heavy atom. The molecule has 0 aromatic heterocycles. The average Bonchev–Trinajstić information content (AvgIpc) is 2.20. The molecule has 2 aliphatic rings. The van der Waals surface area contributed by atoms with Crippen LogP contribution in [-0.2, 0) is 0 Å². The smallest absolute Gasteiger partial charge is 0.199 e. The number of hydrogen-bond donors (Lipinski definition) is 0. The highest BCUT2D eigenvalue weighted by Gasteiger charge is 2.15. The predicted molar refractivity (Wildman–Crippen MR) is 59.7 cm³/mol. The number of thioether (sulfide) groups is 1. The molecule has 13 heavy (non-hydrogen) atoms. The Morgan fingerprint density at radius 3 is 2.31 bits per heavy atom. The molecule has 2 rings (SSSR count). The van der Waals surface area contributed by atoms with Crippen molar-refractivity contribution < 1.29 is 4.58 Å². The molecular formula is C11H14NS+. The Hall–Kier alpha value is -0.760. The van der Waals surface area contributed by atoms with Crippen LogP contribution in [0.1, 0.15) is 0 Å². The summed E-state index contributed by atoms with van der Waals surface area (Å²) >= 11 is 2.04. The van der Waals surface area contributed by atoms with Crippen molar-refractivity contribution in [3.05, 3.63) is 36.5 Å². The van der Waals surface area contributed by atoms with Gasteiger partial charge in [-0.25, -0.2) is 4.58 Å². The van der Waals surface area contributed by atoms with Crippen molar-refractivity contribution in [2.45, 2.75) is 0 Å². The van der Waals surface area contributed by atoms with E-state index in [1.54, 1.807) is 0 Å². The molecule has 2 heteroatoms. The summed E-state index contributed by atoms with van der Waals surface area (Å²) in [6, 6.07) is 0. The van der Waals surface area contributed by atoms with Gasteiger partial charge in [0.2, 0.25) is 0 Å². The second-order valence-electron chi connectivity index (χ2n) is 3.27. The van der Waals surface area contributed by atoms with E-state index in [4.69, 9.17) is 0 Å². The maximum Gasteiger partial charge on any atom is 0.199 e. The van der Waals surface area contributed by atoms with E-state index < -0.39 is 0 Å². The summed E-state index contributed by atoms with van der Waals surface area (Å²) in [4.78, 5) is 0. The number of nitrogens with zero attached hydrogens (tertiary/aromatic N) is 1. The molecule has 0 bridgehead atoms. The van der Waals surface area contributed by atoms with Gasteiger partial charge < -0.3 is 0 Å². The largest absolute Gasteiger partial charge is 0.228 e. The summed E-state index contributed by atoms with van der Waals surface area (Å²) in [6.07, 6.45) is 8.49. The van der Waals surface area contributed by atoms with Crippen molar-refractivity contribution in [1.29, 1.82) is 0 Å². The third-order valence-corrected chi connectivity index (χ3v) is 3.26. The first-order valence-electron chi connectivity index (χ1n) is 4.61. The van der Waals surface area contributed by atoms with Crippen LogP contribution >= 0.6 is 11.8 Å². The zero-order valence-electron chi connectivity index (χ0n) is 7.70. The summed E-state index contributed by atoms with van der Waals surface area (Å²) < 4.78 is 2.44. The number of allylic oxidation sites excluding steroid dienone is 5. The van der Waals surface area contributed by atoms with Gasteiger partial charge in [-0.3, -0.25) is 0 Å². The minimum Gasteiger partial charge on any atom is -0.228 e. The van der Waals surface area contributed by atoms with Crippen LogP contribution in [-0.4, -0.2) is 34.9 Å². The molecule has 0 aromatic carbocycles. The second kappa shape index (κ2) is 3.97. The van der Waals surface area contributed by atoms with Crippen LogP contribution in [0.4, 0.5) is 0 Å². The standard InChI is InChI=1S/C11H14NS/c1-10-2-4-11(5-3-10)12-6-8-13-9-7-12/h2-5H,1,6-9H2/q+1. The Morgan fingerprint density at radius 2 is 1.69 bits per heavy atom. The Kier molecular flexibility index (Phi) is 2.69. The van der Waals surface area contributed by atoms with E-state index in [9.17, 15) is 0 Å². The summed E-state index contributed by atoms with van der Waals surface area (Å²) in [5, 5.41) is 0. The maximum atomic E-state index is 3.88. The van der Waals surface area contributed by atoms with Crippen LogP contribution in [0.15, 0.2) is 36.5 Å². The molecule has 0 spiro atoms. The molecule has 1 heterocycles. The highest BCUT2D eigenvalue weighted by atomic mass is 32.2. The van der Waals surface area contributed by atoms with Crippen molar-refractivity contribution >= 4 is 17.5 Å². The SMILES string of the molecule is C=C1C=CC(=[N+]2CCSCC2)C=C1. The second-order valence-corrected chi connectivity index (χ2v) is 4.49. The fourth-order valence-corrected chi connectivity index (χ4v) is 2.43. The Bertz CT molecular complexity index is 284. The maximum absolute atomic E-state index is 3.88. The van der Waals surface area contributed by atoms with Gasteiger partial charge in [-0.05, 0) is 17.7 Å². The fourth-order valence-electron chi connectivity index (χ4n) is 1.53. The zero-order valence-corrected chi connectivity index (χ0v) is 8.52. The molecule has 0 N–H and O–H groups in total. The predicted octanol–water partition coefficient (Wildman–Crippen LogP) is 1.87. The quantitative estimate of drug-likeness (QED) is 0.529. The van der Waals surface area contributed by atoms with Crippen molar-refractivity contribution in [3.8, 4) is 0 Å². The zero-order chi connectivity index (χ0) is 9.10. The molecule has 1 aliphatic heterocycles. The summed E-state index contributed by atoms with van der Waals surface area (Å²) in [6.45, 7) is 6.25. The molecule has 68 valence electrons. The van der Waals surface area contributed by atoms with E-state index in [2.05, 4.69) is 35.5 Å². The summed E-state index contributed by atoms with van der Waals surface area (Å²) in [5.41, 5.74) is 2.43. The molecule has 1 fully saturated rings. The van der Waals surface area contributed by atoms with Gasteiger partial charge >= 0.3 is 0 Å². The van der Waals surface area contributed by atoms with Crippen molar-refractivity contribution in [2.75, 3.05) is 24.6 Å². The first-order chi connectivity index (χ1) is 6.36. The van der Waals surface area contributed by atoms with Gasteiger partial charge in [0.15, 0.2) is 18.8 Å². The van der Waals surface area contributed by atoms with Crippen LogP contribution in [0.5, 0.6) is 0 Å². The van der Waals surface area contributed by atoms with E-state index in [1.807, 2.05) is 11.8 Å². The molecule has 0 unspecified atom stereocenters. The summed E-state index contributed by atoms with van der Waals surface area (Å²) in [7, 11) is 0. The minimum absolute atomic E-state index is 1.09. The van der Waals surface area contributed by atoms with Crippen LogP contribution < -0.4 is 0 Å². The third kappa shape index (κ3) is 2.13. The van der Waals surface area contributed by atoms with Crippen molar-refractivity contribution in [1.82, 2.24) is 0 Å².